The standard InChI is InChI=1S/3C43H25N3OS/c1-3-12-26(13-4-1)41-44-42(27-14-5-2-6-15-27)46-43(45-41)35-23-30(31-19-11-20-33-32-18-9-10-21-38(32)48-40(31)33)25-37-39(35)34-22-28-16-7-8-17-29(28)24-36(34)47-37;1-3-11-26(12-4-1)41-44-42(27-13-5-2-6-14-27)46-43(45-41)35-22-31(30-19-20-33-32-17-9-10-18-38(32)48-39(33)25-30)24-37-40(35)34-21-28-15-7-8-16-29(28)23-36(34)47-37;1-3-11-26(12-4-1)41-44-42(27-13-5-2-6-14-27)46-43(45-41)40-31(30-19-20-33-32-17-9-10-18-37(32)48-38(33)25-30)21-22-35-39(40)34-23-28-15-7-8-16-29(28)24-36(34)47-35/h3*1-25H. The SMILES string of the molecule is c1ccc(-c2nc(-c3ccccc3)nc(-c3c(-c4ccc5c(c4)sc4ccccc45)ccc4oc5cc6ccccc6cc5c34)n2)cc1.c1ccc(-c2nc(-c3ccccc3)nc(-c3cc(-c4ccc5c(c4)sc4ccccc45)cc4oc5cc6ccccc6cc5c34)n2)cc1.c1ccc(-c2nc(-c3ccccc3)nc(-c3cc(-c4cccc5c4sc4ccccc45)cc4oc5cc6ccccc6cc5c34)n2)cc1. The largest absolute Gasteiger partial charge is 0.456 e. The van der Waals surface area contributed by atoms with Crippen LogP contribution in [0.2, 0.25) is 0 Å². The maximum Gasteiger partial charge on any atom is 0.165 e. The Hall–Kier alpha value is -18.5. The summed E-state index contributed by atoms with van der Waals surface area (Å²) in [5.74, 6) is 5.58. The van der Waals surface area contributed by atoms with Crippen molar-refractivity contribution in [2.24, 2.45) is 0 Å². The summed E-state index contributed by atoms with van der Waals surface area (Å²) >= 11 is 5.47. The van der Waals surface area contributed by atoms with Crippen LogP contribution in [0.25, 0.3) is 295 Å². The lowest BCUT2D eigenvalue weighted by Gasteiger charge is -2.14. The van der Waals surface area contributed by atoms with Gasteiger partial charge in [0.05, 0.1) is 0 Å². The monoisotopic (exact) mass is 1890 g/mol. The van der Waals surface area contributed by atoms with Crippen molar-refractivity contribution in [3.8, 4) is 136 Å². The van der Waals surface area contributed by atoms with Gasteiger partial charge in [0.25, 0.3) is 0 Å². The molecule has 0 saturated heterocycles. The van der Waals surface area contributed by atoms with E-state index >= 15 is 0 Å². The second-order valence-corrected chi connectivity index (χ2v) is 39.3. The minimum Gasteiger partial charge on any atom is -0.456 e. The predicted octanol–water partition coefficient (Wildman–Crippen LogP) is 35.9. The number of fused-ring (bicyclic) bond motifs is 21. The second-order valence-electron chi connectivity index (χ2n) is 36.1. The fourth-order valence-corrected chi connectivity index (χ4v) is 24.0. The van der Waals surface area contributed by atoms with Gasteiger partial charge in [0.1, 0.15) is 33.5 Å². The highest BCUT2D eigenvalue weighted by atomic mass is 32.1. The van der Waals surface area contributed by atoms with Crippen molar-refractivity contribution < 1.29 is 13.3 Å². The van der Waals surface area contributed by atoms with Crippen LogP contribution in [-0.2, 0) is 0 Å². The Morgan fingerprint density at radius 2 is 0.458 bits per heavy atom. The Balaban J connectivity index is 0.000000105. The minimum atomic E-state index is 0.605. The molecule has 30 aromatic rings. The first-order chi connectivity index (χ1) is 71.3. The van der Waals surface area contributed by atoms with Gasteiger partial charge in [-0.05, 0) is 169 Å². The molecule has 0 saturated carbocycles. The summed E-state index contributed by atoms with van der Waals surface area (Å²) < 4.78 is 27.6. The predicted molar refractivity (Wildman–Crippen MR) is 598 cm³/mol. The van der Waals surface area contributed by atoms with E-state index in [1.165, 1.54) is 60.5 Å². The average Bonchev–Trinajstić information content (AvgIpc) is 1.61. The van der Waals surface area contributed by atoms with Crippen molar-refractivity contribution in [3.05, 3.63) is 455 Å². The van der Waals surface area contributed by atoms with Crippen LogP contribution in [0, 0.1) is 0 Å². The van der Waals surface area contributed by atoms with E-state index in [4.69, 9.17) is 58.1 Å². The summed E-state index contributed by atoms with van der Waals surface area (Å²) in [5, 5.41) is 20.6. The fourth-order valence-electron chi connectivity index (χ4n) is 20.4. The Labute approximate surface area is 835 Å². The van der Waals surface area contributed by atoms with Crippen LogP contribution < -0.4 is 0 Å². The van der Waals surface area contributed by atoms with Crippen LogP contribution in [0.5, 0.6) is 0 Å². The van der Waals surface area contributed by atoms with Crippen molar-refractivity contribution in [2.75, 3.05) is 0 Å². The molecule has 0 radical (unpaired) electrons. The maximum atomic E-state index is 6.72. The summed E-state index contributed by atoms with van der Waals surface area (Å²) in [5.41, 5.74) is 19.8. The molecule has 0 atom stereocenters. The molecular formula is C129H75N9O3S3. The molecule has 0 spiro atoms. The van der Waals surface area contributed by atoms with Crippen molar-refractivity contribution in [1.82, 2.24) is 44.9 Å². The van der Waals surface area contributed by atoms with Gasteiger partial charge in [-0.25, -0.2) is 44.9 Å². The number of hydrogen-bond acceptors (Lipinski definition) is 15. The van der Waals surface area contributed by atoms with Gasteiger partial charge >= 0.3 is 0 Å². The number of benzene rings is 21. The molecule has 0 aliphatic carbocycles. The molecule has 9 heterocycles. The van der Waals surface area contributed by atoms with Gasteiger partial charge in [0.2, 0.25) is 0 Å². The molecule has 144 heavy (non-hydrogen) atoms. The number of rotatable bonds is 12. The number of thiophene rings is 3. The number of nitrogens with zero attached hydrogens (tertiary/aromatic N) is 9. The highest BCUT2D eigenvalue weighted by Crippen LogP contribution is 2.51. The normalized spacial score (nSPS) is 11.8. The van der Waals surface area contributed by atoms with E-state index in [-0.39, 0.29) is 0 Å². The van der Waals surface area contributed by atoms with Gasteiger partial charge in [0, 0.05) is 143 Å². The van der Waals surface area contributed by atoms with E-state index in [0.717, 1.165) is 182 Å². The Kier molecular flexibility index (Phi) is 20.2. The summed E-state index contributed by atoms with van der Waals surface area (Å²) in [6, 6.07) is 158. The molecule has 15 heteroatoms. The van der Waals surface area contributed by atoms with Crippen molar-refractivity contribution >= 4 is 193 Å². The van der Waals surface area contributed by atoms with E-state index < -0.39 is 0 Å². The Morgan fingerprint density at radius 1 is 0.146 bits per heavy atom. The first kappa shape index (κ1) is 83.6. The van der Waals surface area contributed by atoms with E-state index in [1.54, 1.807) is 0 Å². The Morgan fingerprint density at radius 3 is 0.882 bits per heavy atom. The topological polar surface area (TPSA) is 155 Å². The smallest absolute Gasteiger partial charge is 0.165 e. The number of hydrogen-bond donors (Lipinski definition) is 0. The van der Waals surface area contributed by atoms with Gasteiger partial charge in [-0.2, -0.15) is 0 Å². The molecule has 0 N–H and O–H groups in total. The fraction of sp³-hybridized carbons (Fsp3) is 0. The van der Waals surface area contributed by atoms with Gasteiger partial charge in [0.15, 0.2) is 52.4 Å². The second kappa shape index (κ2) is 34.8. The molecule has 12 nitrogen and oxygen atoms in total. The summed E-state index contributed by atoms with van der Waals surface area (Å²) in [4.78, 5) is 46.0. The highest BCUT2D eigenvalue weighted by Gasteiger charge is 2.28. The zero-order chi connectivity index (χ0) is 94.8. The third-order valence-corrected chi connectivity index (χ3v) is 30.8. The first-order valence-corrected chi connectivity index (χ1v) is 50.3. The maximum absolute atomic E-state index is 6.72. The Bertz CT molecular complexity index is 10200. The van der Waals surface area contributed by atoms with Crippen LogP contribution in [0.4, 0.5) is 0 Å². The summed E-state index contributed by atoms with van der Waals surface area (Å²) in [7, 11) is 0. The third kappa shape index (κ3) is 14.9. The number of aromatic nitrogens is 9. The lowest BCUT2D eigenvalue weighted by Crippen LogP contribution is -2.01. The average molecular weight is 1900 g/mol. The quantitative estimate of drug-likeness (QED) is 0.114. The first-order valence-electron chi connectivity index (χ1n) is 47.8. The molecule has 21 aromatic carbocycles. The molecular weight excluding hydrogens is 1820 g/mol. The van der Waals surface area contributed by atoms with Crippen LogP contribution in [0.3, 0.4) is 0 Å². The van der Waals surface area contributed by atoms with Gasteiger partial charge in [-0.1, -0.05) is 352 Å². The van der Waals surface area contributed by atoms with E-state index in [1.807, 2.05) is 216 Å². The van der Waals surface area contributed by atoms with Crippen molar-refractivity contribution in [2.45, 2.75) is 0 Å². The minimum absolute atomic E-state index is 0.605. The van der Waals surface area contributed by atoms with Gasteiger partial charge < -0.3 is 13.3 Å². The highest BCUT2D eigenvalue weighted by molar-refractivity contribution is 7.27. The number of furan rings is 3. The third-order valence-electron chi connectivity index (χ3n) is 27.3. The van der Waals surface area contributed by atoms with E-state index in [9.17, 15) is 0 Å². The van der Waals surface area contributed by atoms with Crippen LogP contribution >= 0.6 is 34.0 Å². The summed E-state index contributed by atoms with van der Waals surface area (Å²) in [6.45, 7) is 0. The molecule has 0 fully saturated rings. The molecule has 30 rings (SSSR count). The molecule has 672 valence electrons. The summed E-state index contributed by atoms with van der Waals surface area (Å²) in [6.07, 6.45) is 0. The van der Waals surface area contributed by atoms with E-state index in [0.29, 0.717) is 52.4 Å². The zero-order valence-corrected chi connectivity index (χ0v) is 79.2. The zero-order valence-electron chi connectivity index (χ0n) is 76.8. The lowest BCUT2D eigenvalue weighted by molar-refractivity contribution is 0.669. The van der Waals surface area contributed by atoms with Crippen molar-refractivity contribution in [3.63, 3.8) is 0 Å². The molecule has 0 aliphatic heterocycles. The molecule has 9 aromatic heterocycles. The lowest BCUT2D eigenvalue weighted by atomic mass is 9.93. The molecule has 0 bridgehead atoms. The van der Waals surface area contributed by atoms with Crippen LogP contribution in [-0.4, -0.2) is 44.9 Å². The molecule has 0 amide bonds. The van der Waals surface area contributed by atoms with Crippen LogP contribution in [0.15, 0.2) is 468 Å². The molecule has 0 unspecified atom stereocenters. The van der Waals surface area contributed by atoms with Crippen molar-refractivity contribution in [1.29, 1.82) is 0 Å². The van der Waals surface area contributed by atoms with Crippen LogP contribution in [0.1, 0.15) is 0 Å². The van der Waals surface area contributed by atoms with E-state index in [2.05, 4.69) is 273 Å². The van der Waals surface area contributed by atoms with Gasteiger partial charge in [-0.15, -0.1) is 34.0 Å². The molecule has 0 aliphatic rings. The van der Waals surface area contributed by atoms with Gasteiger partial charge in [-0.3, -0.25) is 0 Å².